The van der Waals surface area contributed by atoms with Gasteiger partial charge in [-0.3, -0.25) is 14.2 Å². The van der Waals surface area contributed by atoms with Gasteiger partial charge in [0, 0.05) is 31.0 Å². The first-order valence-electron chi connectivity index (χ1n) is 15.0. The lowest BCUT2D eigenvalue weighted by atomic mass is 9.90. The molecule has 0 unspecified atom stereocenters. The number of nitrogens with two attached hydrogens (primary N) is 1. The van der Waals surface area contributed by atoms with E-state index < -0.39 is 34.8 Å². The molecule has 12 heteroatoms. The maximum atomic E-state index is 14.4. The molecule has 1 aliphatic carbocycles. The Labute approximate surface area is 260 Å². The number of aromatic nitrogens is 5. The summed E-state index contributed by atoms with van der Waals surface area (Å²) in [6, 6.07) is 18.2. The number of pyridine rings is 2. The number of hydrogen-bond acceptors (Lipinski definition) is 6. The van der Waals surface area contributed by atoms with Gasteiger partial charge in [-0.25, -0.2) is 28.1 Å². The maximum absolute atomic E-state index is 14.4. The number of nitrogens with zero attached hydrogens (tertiary/aromatic N) is 5. The molecule has 7 rings (SSSR count). The Morgan fingerprint density at radius 1 is 0.913 bits per heavy atom. The molecule has 0 saturated heterocycles. The van der Waals surface area contributed by atoms with Gasteiger partial charge >= 0.3 is 5.69 Å². The maximum Gasteiger partial charge on any atom is 0.337 e. The average molecular weight is 622 g/mol. The molecule has 0 spiro atoms. The summed E-state index contributed by atoms with van der Waals surface area (Å²) in [5, 5.41) is 2.96. The Hall–Kier alpha value is -5.49. The lowest BCUT2D eigenvalue weighted by Crippen LogP contribution is -2.45. The summed E-state index contributed by atoms with van der Waals surface area (Å²) in [5.74, 6) is -1.52. The van der Waals surface area contributed by atoms with Crippen molar-refractivity contribution in [3.8, 4) is 16.8 Å². The van der Waals surface area contributed by atoms with Gasteiger partial charge in [-0.1, -0.05) is 30.3 Å². The van der Waals surface area contributed by atoms with Gasteiger partial charge in [-0.2, -0.15) is 0 Å². The predicted octanol–water partition coefficient (Wildman–Crippen LogP) is 4.51. The molecule has 1 aliphatic rings. The van der Waals surface area contributed by atoms with Gasteiger partial charge < -0.3 is 15.5 Å². The van der Waals surface area contributed by atoms with Crippen LogP contribution in [0, 0.1) is 11.6 Å². The summed E-state index contributed by atoms with van der Waals surface area (Å²) >= 11 is 0. The van der Waals surface area contributed by atoms with Crippen LogP contribution in [0.5, 0.6) is 0 Å². The van der Waals surface area contributed by atoms with Crippen molar-refractivity contribution >= 4 is 22.6 Å². The first kappa shape index (κ1) is 29.2. The molecule has 4 aromatic heterocycles. The normalized spacial score (nSPS) is 16.6. The molecule has 232 valence electrons. The average Bonchev–Trinajstić information content (AvgIpc) is 3.50. The third-order valence-corrected chi connectivity index (χ3v) is 8.54. The van der Waals surface area contributed by atoms with E-state index in [1.165, 1.54) is 38.1 Å². The van der Waals surface area contributed by atoms with Crippen LogP contribution in [0.25, 0.3) is 33.5 Å². The molecule has 2 aromatic carbocycles. The fourth-order valence-electron chi connectivity index (χ4n) is 6.25. The highest BCUT2D eigenvalue weighted by atomic mass is 19.1. The van der Waals surface area contributed by atoms with E-state index in [9.17, 15) is 23.2 Å². The standard InChI is InChI=1S/C34H29F2N7O3/c35-23-7-12-30-40-29(19-41(30)18-23)32(44)39-25-8-10-26(11-9-25)43-33(45)28-15-24(36)17-38-31(28)42(34(43)46)27-6-2-5-22(14-27)21-4-1-3-20(13-21)16-37/h1-7,12-15,17-19,25-26H,8-11,16,37H2,(H,39,44)/t25-,26+. The van der Waals surface area contributed by atoms with Crippen LogP contribution in [0.15, 0.2) is 94.9 Å². The SMILES string of the molecule is NCc1cccc(-c2cccc(-n3c(=O)n([C@H]4CC[C@@H](NC(=O)c5cn6cc(F)ccc6n5)CC4)c(=O)c4cc(F)cnc43)c2)c1. The number of fused-ring (bicyclic) bond motifs is 2. The third-order valence-electron chi connectivity index (χ3n) is 8.54. The van der Waals surface area contributed by atoms with Crippen LogP contribution < -0.4 is 22.3 Å². The topological polar surface area (TPSA) is 129 Å². The Balaban J connectivity index is 1.20. The number of carbonyl (C=O) groups is 1. The first-order valence-corrected chi connectivity index (χ1v) is 15.0. The largest absolute Gasteiger partial charge is 0.348 e. The number of hydrogen-bond donors (Lipinski definition) is 2. The molecule has 6 aromatic rings. The molecule has 46 heavy (non-hydrogen) atoms. The van der Waals surface area contributed by atoms with Crippen LogP contribution >= 0.6 is 0 Å². The first-order chi connectivity index (χ1) is 22.3. The van der Waals surface area contributed by atoms with Gasteiger partial charge in [-0.15, -0.1) is 0 Å². The number of halogens is 2. The number of nitrogens with one attached hydrogen (secondary N) is 1. The molecule has 4 heterocycles. The summed E-state index contributed by atoms with van der Waals surface area (Å²) in [5.41, 5.74) is 8.50. The molecule has 10 nitrogen and oxygen atoms in total. The van der Waals surface area contributed by atoms with Gasteiger partial charge in [-0.05, 0) is 78.8 Å². The fraction of sp³-hybridized carbons (Fsp3) is 0.206. The van der Waals surface area contributed by atoms with Crippen molar-refractivity contribution < 1.29 is 13.6 Å². The van der Waals surface area contributed by atoms with Crippen LogP contribution in [0.3, 0.4) is 0 Å². The number of amides is 1. The highest BCUT2D eigenvalue weighted by Gasteiger charge is 2.28. The molecule has 3 N–H and O–H groups in total. The third kappa shape index (κ3) is 5.36. The second-order valence-electron chi connectivity index (χ2n) is 11.5. The molecule has 0 aliphatic heterocycles. The smallest absolute Gasteiger partial charge is 0.337 e. The summed E-state index contributed by atoms with van der Waals surface area (Å²) < 4.78 is 32.0. The molecule has 0 bridgehead atoms. The van der Waals surface area contributed by atoms with E-state index in [-0.39, 0.29) is 22.8 Å². The Morgan fingerprint density at radius 3 is 2.46 bits per heavy atom. The zero-order chi connectivity index (χ0) is 31.9. The summed E-state index contributed by atoms with van der Waals surface area (Å²) in [7, 11) is 0. The lowest BCUT2D eigenvalue weighted by molar-refractivity contribution is 0.0917. The van der Waals surface area contributed by atoms with E-state index in [4.69, 9.17) is 5.73 Å². The fourth-order valence-corrected chi connectivity index (χ4v) is 6.25. The van der Waals surface area contributed by atoms with Crippen LogP contribution in [0.2, 0.25) is 0 Å². The summed E-state index contributed by atoms with van der Waals surface area (Å²) in [6.07, 6.45) is 5.55. The molecule has 0 radical (unpaired) electrons. The van der Waals surface area contributed by atoms with Crippen molar-refractivity contribution in [1.82, 2.24) is 28.8 Å². The molecule has 1 saturated carbocycles. The molecule has 0 atom stereocenters. The number of benzene rings is 2. The van der Waals surface area contributed by atoms with Crippen molar-refractivity contribution in [1.29, 1.82) is 0 Å². The molecule has 1 fully saturated rings. The van der Waals surface area contributed by atoms with Crippen LogP contribution in [0.4, 0.5) is 8.78 Å². The monoisotopic (exact) mass is 621 g/mol. The molecular formula is C34H29F2N7O3. The predicted molar refractivity (Wildman–Crippen MR) is 169 cm³/mol. The number of rotatable bonds is 6. The van der Waals surface area contributed by atoms with Gasteiger partial charge in [0.1, 0.15) is 23.0 Å². The van der Waals surface area contributed by atoms with Crippen molar-refractivity contribution in [3.05, 3.63) is 129 Å². The van der Waals surface area contributed by atoms with E-state index in [1.54, 1.807) is 6.07 Å². The van der Waals surface area contributed by atoms with E-state index in [2.05, 4.69) is 15.3 Å². The van der Waals surface area contributed by atoms with E-state index in [0.717, 1.165) is 29.0 Å². The van der Waals surface area contributed by atoms with Crippen molar-refractivity contribution in [3.63, 3.8) is 0 Å². The lowest BCUT2D eigenvalue weighted by Gasteiger charge is -2.30. The Bertz CT molecular complexity index is 2250. The minimum atomic E-state index is -0.685. The highest BCUT2D eigenvalue weighted by Crippen LogP contribution is 2.28. The van der Waals surface area contributed by atoms with Gasteiger partial charge in [0.05, 0.1) is 17.3 Å². The van der Waals surface area contributed by atoms with Gasteiger partial charge in [0.15, 0.2) is 5.65 Å². The van der Waals surface area contributed by atoms with E-state index >= 15 is 0 Å². The van der Waals surface area contributed by atoms with Crippen molar-refractivity contribution in [2.45, 2.75) is 44.3 Å². The van der Waals surface area contributed by atoms with E-state index in [0.29, 0.717) is 43.6 Å². The zero-order valence-electron chi connectivity index (χ0n) is 24.6. The molecule has 1 amide bonds. The molecular weight excluding hydrogens is 592 g/mol. The van der Waals surface area contributed by atoms with Crippen molar-refractivity contribution in [2.24, 2.45) is 5.73 Å². The second-order valence-corrected chi connectivity index (χ2v) is 11.5. The Morgan fingerprint density at radius 2 is 1.67 bits per heavy atom. The van der Waals surface area contributed by atoms with Crippen molar-refractivity contribution in [2.75, 3.05) is 0 Å². The highest BCUT2D eigenvalue weighted by molar-refractivity contribution is 5.93. The van der Waals surface area contributed by atoms with Gasteiger partial charge in [0.2, 0.25) is 0 Å². The van der Waals surface area contributed by atoms with Crippen LogP contribution in [-0.2, 0) is 6.54 Å². The minimum Gasteiger partial charge on any atom is -0.348 e. The Kier molecular flexibility index (Phi) is 7.49. The number of carbonyl (C=O) groups excluding carboxylic acids is 1. The van der Waals surface area contributed by atoms with Crippen LogP contribution in [-0.4, -0.2) is 35.5 Å². The van der Waals surface area contributed by atoms with Crippen LogP contribution in [0.1, 0.15) is 47.8 Å². The van der Waals surface area contributed by atoms with E-state index in [1.807, 2.05) is 42.5 Å². The quantitative estimate of drug-likeness (QED) is 0.282. The zero-order valence-corrected chi connectivity index (χ0v) is 24.6. The minimum absolute atomic E-state index is 0.00570. The summed E-state index contributed by atoms with van der Waals surface area (Å²) in [6.45, 7) is 0.381. The number of imidazole rings is 1. The summed E-state index contributed by atoms with van der Waals surface area (Å²) in [4.78, 5) is 49.3. The van der Waals surface area contributed by atoms with Gasteiger partial charge in [0.25, 0.3) is 11.5 Å². The second kappa shape index (κ2) is 11.8.